The fourth-order valence-corrected chi connectivity index (χ4v) is 4.78. The van der Waals surface area contributed by atoms with Crippen LogP contribution in [0.1, 0.15) is 16.7 Å². The summed E-state index contributed by atoms with van der Waals surface area (Å²) in [6, 6.07) is 15.3. The lowest BCUT2D eigenvalue weighted by Gasteiger charge is -2.14. The molecule has 0 aromatic heterocycles. The average Bonchev–Trinajstić information content (AvgIpc) is 3.18. The van der Waals surface area contributed by atoms with Crippen molar-refractivity contribution in [3.8, 4) is 11.5 Å². The molecule has 3 aromatic rings. The molecule has 0 N–H and O–H groups in total. The van der Waals surface area contributed by atoms with E-state index in [1.54, 1.807) is 12.1 Å². The van der Waals surface area contributed by atoms with E-state index < -0.39 is 10.9 Å². The highest BCUT2D eigenvalue weighted by atomic mass is 127. The van der Waals surface area contributed by atoms with Crippen LogP contribution in [0.25, 0.3) is 6.08 Å². The number of nitro benzene ring substituents is 1. The van der Waals surface area contributed by atoms with Crippen LogP contribution in [-0.2, 0) is 16.1 Å². The Labute approximate surface area is 232 Å². The predicted octanol–water partition coefficient (Wildman–Crippen LogP) is 6.39. The van der Waals surface area contributed by atoms with Crippen LogP contribution in [-0.4, -0.2) is 23.9 Å². The van der Waals surface area contributed by atoms with Crippen LogP contribution in [0.3, 0.4) is 0 Å². The van der Waals surface area contributed by atoms with E-state index in [9.17, 15) is 14.9 Å². The summed E-state index contributed by atoms with van der Waals surface area (Å²) in [5.41, 5.74) is 1.86. The van der Waals surface area contributed by atoms with Crippen LogP contribution < -0.4 is 9.47 Å². The van der Waals surface area contributed by atoms with Crippen molar-refractivity contribution in [1.82, 2.24) is 0 Å². The van der Waals surface area contributed by atoms with Crippen LogP contribution in [0.15, 0.2) is 65.3 Å². The minimum atomic E-state index is -0.664. The molecule has 0 amide bonds. The number of non-ortho nitro benzene ring substituents is 1. The summed E-state index contributed by atoms with van der Waals surface area (Å²) in [7, 11) is 1.54. The SMILES string of the molecule is COc1cc(/C=C2\N=C(c3ccc([N+](=O)[O-])cc3Cl)OC2=O)cc(I)c1OCc1ccccc1I. The molecule has 0 bridgehead atoms. The van der Waals surface area contributed by atoms with E-state index >= 15 is 0 Å². The Kier molecular flexibility index (Phi) is 7.91. The van der Waals surface area contributed by atoms with Gasteiger partial charge in [-0.05, 0) is 81.1 Å². The van der Waals surface area contributed by atoms with Crippen LogP contribution in [0, 0.1) is 17.3 Å². The molecular formula is C24H15ClI2N2O6. The number of nitro groups is 1. The molecule has 1 aliphatic heterocycles. The maximum absolute atomic E-state index is 12.4. The van der Waals surface area contributed by atoms with Gasteiger partial charge in [0.25, 0.3) is 5.69 Å². The molecule has 0 aliphatic carbocycles. The number of hydrogen-bond donors (Lipinski definition) is 0. The molecule has 0 unspecified atom stereocenters. The van der Waals surface area contributed by atoms with E-state index in [-0.39, 0.29) is 27.9 Å². The van der Waals surface area contributed by atoms with Crippen molar-refractivity contribution in [2.45, 2.75) is 6.61 Å². The maximum Gasteiger partial charge on any atom is 0.363 e. The van der Waals surface area contributed by atoms with Gasteiger partial charge in [-0.1, -0.05) is 29.8 Å². The number of halogens is 3. The number of ether oxygens (including phenoxy) is 3. The fraction of sp³-hybridized carbons (Fsp3) is 0.0833. The van der Waals surface area contributed by atoms with E-state index in [1.807, 2.05) is 30.3 Å². The molecule has 0 radical (unpaired) electrons. The number of rotatable bonds is 7. The number of hydrogen-bond acceptors (Lipinski definition) is 7. The number of carbonyl (C=O) groups is 1. The number of aliphatic imine (C=N–C) groups is 1. The largest absolute Gasteiger partial charge is 0.493 e. The lowest BCUT2D eigenvalue weighted by atomic mass is 10.1. The van der Waals surface area contributed by atoms with Gasteiger partial charge in [-0.25, -0.2) is 9.79 Å². The van der Waals surface area contributed by atoms with Crippen LogP contribution in [0.2, 0.25) is 5.02 Å². The zero-order chi connectivity index (χ0) is 25.1. The molecular weight excluding hydrogens is 702 g/mol. The zero-order valence-corrected chi connectivity index (χ0v) is 23.0. The third-order valence-electron chi connectivity index (χ3n) is 4.90. The minimum absolute atomic E-state index is 0.0276. The van der Waals surface area contributed by atoms with Gasteiger partial charge in [0.15, 0.2) is 17.2 Å². The third-order valence-corrected chi connectivity index (χ3v) is 7.07. The van der Waals surface area contributed by atoms with Gasteiger partial charge in [-0.2, -0.15) is 0 Å². The molecule has 1 aliphatic rings. The van der Waals surface area contributed by atoms with Gasteiger partial charge in [0, 0.05) is 21.3 Å². The van der Waals surface area contributed by atoms with Crippen molar-refractivity contribution in [3.63, 3.8) is 0 Å². The normalized spacial score (nSPS) is 14.0. The Hall–Kier alpha value is -2.71. The molecule has 0 fully saturated rings. The number of cyclic esters (lactones) is 1. The number of benzene rings is 3. The summed E-state index contributed by atoms with van der Waals surface area (Å²) in [6.45, 7) is 0.377. The van der Waals surface area contributed by atoms with Gasteiger partial charge in [0.2, 0.25) is 5.90 Å². The second kappa shape index (κ2) is 10.9. The molecule has 35 heavy (non-hydrogen) atoms. The zero-order valence-electron chi connectivity index (χ0n) is 18.0. The van der Waals surface area contributed by atoms with Crippen LogP contribution in [0.5, 0.6) is 11.5 Å². The number of nitrogens with zero attached hydrogens (tertiary/aromatic N) is 2. The van der Waals surface area contributed by atoms with Gasteiger partial charge in [0.05, 0.1) is 26.2 Å². The second-order valence-corrected chi connectivity index (χ2v) is 9.90. The summed E-state index contributed by atoms with van der Waals surface area (Å²) in [4.78, 5) is 27.0. The van der Waals surface area contributed by atoms with E-state index in [2.05, 4.69) is 50.2 Å². The quantitative estimate of drug-likeness (QED) is 0.0925. The average molecular weight is 717 g/mol. The third kappa shape index (κ3) is 5.76. The van der Waals surface area contributed by atoms with Gasteiger partial charge in [-0.15, -0.1) is 0 Å². The van der Waals surface area contributed by atoms with Gasteiger partial charge in [0.1, 0.15) is 6.61 Å². The summed E-state index contributed by atoms with van der Waals surface area (Å²) in [6.07, 6.45) is 1.56. The first-order chi connectivity index (χ1) is 16.8. The molecule has 0 saturated carbocycles. The van der Waals surface area contributed by atoms with E-state index in [4.69, 9.17) is 25.8 Å². The van der Waals surface area contributed by atoms with E-state index in [0.29, 0.717) is 23.7 Å². The summed E-state index contributed by atoms with van der Waals surface area (Å²) in [5.74, 6) is 0.400. The first kappa shape index (κ1) is 25.4. The van der Waals surface area contributed by atoms with Crippen molar-refractivity contribution < 1.29 is 23.9 Å². The number of methoxy groups -OCH3 is 1. The Bertz CT molecular complexity index is 1410. The van der Waals surface area contributed by atoms with E-state index in [1.165, 1.54) is 25.3 Å². The second-order valence-electron chi connectivity index (χ2n) is 7.17. The predicted molar refractivity (Wildman–Crippen MR) is 148 cm³/mol. The molecule has 0 atom stereocenters. The number of carbonyl (C=O) groups excluding carboxylic acids is 1. The topological polar surface area (TPSA) is 100 Å². The molecule has 8 nitrogen and oxygen atoms in total. The Morgan fingerprint density at radius 1 is 1.14 bits per heavy atom. The first-order valence-electron chi connectivity index (χ1n) is 9.97. The highest BCUT2D eigenvalue weighted by molar-refractivity contribution is 14.1. The van der Waals surface area contributed by atoms with E-state index in [0.717, 1.165) is 12.7 Å². The lowest BCUT2D eigenvalue weighted by Crippen LogP contribution is -2.06. The molecule has 4 rings (SSSR count). The van der Waals surface area contributed by atoms with Crippen LogP contribution >= 0.6 is 56.8 Å². The maximum atomic E-state index is 12.4. The minimum Gasteiger partial charge on any atom is -0.493 e. The molecule has 178 valence electrons. The Balaban J connectivity index is 1.61. The smallest absolute Gasteiger partial charge is 0.363 e. The van der Waals surface area contributed by atoms with Crippen molar-refractivity contribution in [3.05, 3.63) is 99.3 Å². The van der Waals surface area contributed by atoms with Crippen molar-refractivity contribution in [2.24, 2.45) is 4.99 Å². The van der Waals surface area contributed by atoms with Crippen molar-refractivity contribution in [1.29, 1.82) is 0 Å². The molecule has 11 heteroatoms. The monoisotopic (exact) mass is 716 g/mol. The summed E-state index contributed by atoms with van der Waals surface area (Å²) >= 11 is 10.5. The van der Waals surface area contributed by atoms with Crippen molar-refractivity contribution >= 4 is 80.4 Å². The highest BCUT2D eigenvalue weighted by Gasteiger charge is 2.27. The lowest BCUT2D eigenvalue weighted by molar-refractivity contribution is -0.384. The molecule has 0 saturated heterocycles. The molecule has 1 heterocycles. The fourth-order valence-electron chi connectivity index (χ4n) is 3.20. The summed E-state index contributed by atoms with van der Waals surface area (Å²) in [5, 5.41) is 11.0. The van der Waals surface area contributed by atoms with Crippen molar-refractivity contribution in [2.75, 3.05) is 7.11 Å². The van der Waals surface area contributed by atoms with Gasteiger partial charge in [-0.3, -0.25) is 10.1 Å². The number of esters is 1. The Morgan fingerprint density at radius 2 is 1.91 bits per heavy atom. The first-order valence-corrected chi connectivity index (χ1v) is 12.5. The highest BCUT2D eigenvalue weighted by Crippen LogP contribution is 2.36. The standard InChI is InChI=1S/C24H15ClI2N2O6/c1-33-21-10-13(8-19(27)22(21)34-12-14-4-2-3-5-18(14)26)9-20-24(30)35-23(28-20)16-7-6-15(29(31)32)11-17(16)25/h2-11H,12H2,1H3/b20-9-. The van der Waals surface area contributed by atoms with Gasteiger partial charge < -0.3 is 14.2 Å². The van der Waals surface area contributed by atoms with Gasteiger partial charge >= 0.3 is 5.97 Å². The summed E-state index contributed by atoms with van der Waals surface area (Å²) < 4.78 is 18.7. The molecule has 0 spiro atoms. The van der Waals surface area contributed by atoms with Crippen LogP contribution in [0.4, 0.5) is 5.69 Å². The Morgan fingerprint density at radius 3 is 2.60 bits per heavy atom. The molecule has 3 aromatic carbocycles.